The molecule has 1 amide bonds. The molecule has 6 nitrogen and oxygen atoms in total. The summed E-state index contributed by atoms with van der Waals surface area (Å²) < 4.78 is 33.2. The van der Waals surface area contributed by atoms with Gasteiger partial charge in [0.05, 0.1) is 27.2 Å². The zero-order chi connectivity index (χ0) is 24.7. The number of sulfonamides is 1. The van der Waals surface area contributed by atoms with Crippen molar-refractivity contribution in [1.29, 1.82) is 0 Å². The number of para-hydroxylation sites is 1. The first-order chi connectivity index (χ1) is 16.3. The molecule has 180 valence electrons. The van der Waals surface area contributed by atoms with Crippen LogP contribution in [0.3, 0.4) is 0 Å². The zero-order valence-corrected chi connectivity index (χ0v) is 21.3. The number of carbonyl (C=O) groups excluding carboxylic acids is 1. The molecule has 0 aromatic heterocycles. The van der Waals surface area contributed by atoms with Gasteiger partial charge in [-0.1, -0.05) is 54.7 Å². The minimum atomic E-state index is -3.76. The van der Waals surface area contributed by atoms with Crippen molar-refractivity contribution < 1.29 is 17.9 Å². The van der Waals surface area contributed by atoms with Gasteiger partial charge in [0, 0.05) is 17.8 Å². The molecule has 34 heavy (non-hydrogen) atoms. The first kappa shape index (κ1) is 25.9. The third kappa shape index (κ3) is 6.03. The van der Waals surface area contributed by atoms with Crippen LogP contribution in [0.1, 0.15) is 37.0 Å². The van der Waals surface area contributed by atoms with E-state index in [4.69, 9.17) is 27.9 Å². The Morgan fingerprint density at radius 2 is 1.59 bits per heavy atom. The Kier molecular flexibility index (Phi) is 8.83. The van der Waals surface area contributed by atoms with Crippen molar-refractivity contribution in [3.8, 4) is 5.75 Å². The fraction of sp³-hybridized carbons (Fsp3) is 0.240. The number of benzene rings is 3. The maximum Gasteiger partial charge on any atom is 0.264 e. The van der Waals surface area contributed by atoms with E-state index in [1.54, 1.807) is 31.2 Å². The van der Waals surface area contributed by atoms with Crippen molar-refractivity contribution in [2.75, 3.05) is 22.8 Å². The smallest absolute Gasteiger partial charge is 0.264 e. The standard InChI is InChI=1S/C25H26Cl2N2O4S/c1-3-5-15-33-24-22(26)16-18(17-23(24)27)25(30)28-19-11-13-21(14-12-19)34(31,32)29(4-2)20-9-7-6-8-10-20/h6-14,16-17H,3-5,15H2,1-2H3,(H,28,30). The van der Waals surface area contributed by atoms with Gasteiger partial charge in [-0.3, -0.25) is 9.10 Å². The third-order valence-corrected chi connectivity index (χ3v) is 7.52. The molecule has 0 spiro atoms. The number of nitrogens with zero attached hydrogens (tertiary/aromatic N) is 1. The van der Waals surface area contributed by atoms with Gasteiger partial charge in [-0.05, 0) is 61.9 Å². The highest BCUT2D eigenvalue weighted by Gasteiger charge is 2.23. The molecule has 0 bridgehead atoms. The Balaban J connectivity index is 1.75. The number of anilines is 2. The SMILES string of the molecule is CCCCOc1c(Cl)cc(C(=O)Nc2ccc(S(=O)(=O)N(CC)c3ccccc3)cc2)cc1Cl. The Bertz CT molecular complexity index is 1210. The average Bonchev–Trinajstić information content (AvgIpc) is 2.82. The highest BCUT2D eigenvalue weighted by Crippen LogP contribution is 2.34. The van der Waals surface area contributed by atoms with E-state index >= 15 is 0 Å². The summed E-state index contributed by atoms with van der Waals surface area (Å²) in [4.78, 5) is 12.8. The van der Waals surface area contributed by atoms with Crippen LogP contribution in [0.2, 0.25) is 10.0 Å². The molecule has 0 saturated heterocycles. The lowest BCUT2D eigenvalue weighted by Crippen LogP contribution is -2.30. The summed E-state index contributed by atoms with van der Waals surface area (Å²) in [6.07, 6.45) is 1.83. The third-order valence-electron chi connectivity index (χ3n) is 5.04. The number of ether oxygens (including phenoxy) is 1. The van der Waals surface area contributed by atoms with Crippen LogP contribution < -0.4 is 14.4 Å². The van der Waals surface area contributed by atoms with E-state index in [1.807, 2.05) is 13.0 Å². The van der Waals surface area contributed by atoms with Gasteiger partial charge in [0.25, 0.3) is 15.9 Å². The van der Waals surface area contributed by atoms with Crippen molar-refractivity contribution in [1.82, 2.24) is 0 Å². The van der Waals surface area contributed by atoms with E-state index in [1.165, 1.54) is 40.7 Å². The molecule has 9 heteroatoms. The first-order valence-electron chi connectivity index (χ1n) is 10.9. The number of rotatable bonds is 10. The summed E-state index contributed by atoms with van der Waals surface area (Å²) in [5, 5.41) is 3.22. The fourth-order valence-electron chi connectivity index (χ4n) is 3.27. The van der Waals surface area contributed by atoms with Crippen molar-refractivity contribution in [3.05, 3.63) is 82.3 Å². The Labute approximate surface area is 210 Å². The van der Waals surface area contributed by atoms with Crippen LogP contribution in [-0.4, -0.2) is 27.5 Å². The molecule has 0 aliphatic heterocycles. The van der Waals surface area contributed by atoms with E-state index in [0.717, 1.165) is 12.8 Å². The van der Waals surface area contributed by atoms with E-state index in [2.05, 4.69) is 5.32 Å². The monoisotopic (exact) mass is 520 g/mol. The molecule has 0 aliphatic rings. The lowest BCUT2D eigenvalue weighted by atomic mass is 10.2. The number of unbranched alkanes of at least 4 members (excludes halogenated alkanes) is 1. The summed E-state index contributed by atoms with van der Waals surface area (Å²) in [6.45, 7) is 4.58. The predicted molar refractivity (Wildman–Crippen MR) is 138 cm³/mol. The van der Waals surface area contributed by atoms with Gasteiger partial charge in [0.15, 0.2) is 5.75 Å². The van der Waals surface area contributed by atoms with Gasteiger partial charge in [-0.15, -0.1) is 0 Å². The number of amides is 1. The highest BCUT2D eigenvalue weighted by atomic mass is 35.5. The molecule has 0 atom stereocenters. The zero-order valence-electron chi connectivity index (χ0n) is 18.9. The molecule has 0 unspecified atom stereocenters. The van der Waals surface area contributed by atoms with Crippen LogP contribution in [-0.2, 0) is 10.0 Å². The van der Waals surface area contributed by atoms with Crippen LogP contribution in [0.15, 0.2) is 71.6 Å². The lowest BCUT2D eigenvalue weighted by Gasteiger charge is -2.23. The molecule has 0 aliphatic carbocycles. The van der Waals surface area contributed by atoms with Gasteiger partial charge < -0.3 is 10.1 Å². The fourth-order valence-corrected chi connectivity index (χ4v) is 5.34. The molecule has 0 heterocycles. The van der Waals surface area contributed by atoms with Gasteiger partial charge in [-0.2, -0.15) is 0 Å². The summed E-state index contributed by atoms with van der Waals surface area (Å²) in [7, 11) is -3.76. The van der Waals surface area contributed by atoms with Crippen molar-refractivity contribution in [2.24, 2.45) is 0 Å². The minimum absolute atomic E-state index is 0.121. The van der Waals surface area contributed by atoms with Gasteiger partial charge >= 0.3 is 0 Å². The average molecular weight is 521 g/mol. The normalized spacial score (nSPS) is 11.2. The van der Waals surface area contributed by atoms with Crippen LogP contribution in [0.4, 0.5) is 11.4 Å². The van der Waals surface area contributed by atoms with Crippen LogP contribution >= 0.6 is 23.2 Å². The van der Waals surface area contributed by atoms with Crippen LogP contribution in [0, 0.1) is 0 Å². The molecule has 0 radical (unpaired) electrons. The largest absolute Gasteiger partial charge is 0.490 e. The van der Waals surface area contributed by atoms with E-state index in [9.17, 15) is 13.2 Å². The quantitative estimate of drug-likeness (QED) is 0.304. The van der Waals surface area contributed by atoms with E-state index in [0.29, 0.717) is 23.7 Å². The van der Waals surface area contributed by atoms with Crippen LogP contribution in [0.5, 0.6) is 5.75 Å². The molecule has 1 N–H and O–H groups in total. The second kappa shape index (κ2) is 11.6. The maximum absolute atomic E-state index is 13.1. The minimum Gasteiger partial charge on any atom is -0.490 e. The Morgan fingerprint density at radius 1 is 0.971 bits per heavy atom. The summed E-state index contributed by atoms with van der Waals surface area (Å²) in [5.74, 6) is -0.0826. The summed E-state index contributed by atoms with van der Waals surface area (Å²) in [5.41, 5.74) is 1.27. The molecule has 3 aromatic rings. The molecule has 3 rings (SSSR count). The second-order valence-corrected chi connectivity index (χ2v) is 10.1. The number of hydrogen-bond donors (Lipinski definition) is 1. The van der Waals surface area contributed by atoms with Gasteiger partial charge in [0.2, 0.25) is 0 Å². The number of halogens is 2. The number of carbonyl (C=O) groups is 1. The van der Waals surface area contributed by atoms with Gasteiger partial charge in [-0.25, -0.2) is 8.42 Å². The second-order valence-electron chi connectivity index (χ2n) is 7.45. The van der Waals surface area contributed by atoms with E-state index in [-0.39, 0.29) is 27.0 Å². The first-order valence-corrected chi connectivity index (χ1v) is 13.1. The summed E-state index contributed by atoms with van der Waals surface area (Å²) >= 11 is 12.5. The molecular weight excluding hydrogens is 495 g/mol. The maximum atomic E-state index is 13.1. The molecular formula is C25H26Cl2N2O4S. The lowest BCUT2D eigenvalue weighted by molar-refractivity contribution is 0.102. The van der Waals surface area contributed by atoms with Crippen molar-refractivity contribution in [2.45, 2.75) is 31.6 Å². The van der Waals surface area contributed by atoms with Crippen LogP contribution in [0.25, 0.3) is 0 Å². The molecule has 3 aromatic carbocycles. The molecule has 0 fully saturated rings. The van der Waals surface area contributed by atoms with E-state index < -0.39 is 15.9 Å². The Hall–Kier alpha value is -2.74. The van der Waals surface area contributed by atoms with Crippen molar-refractivity contribution >= 4 is 50.5 Å². The van der Waals surface area contributed by atoms with Gasteiger partial charge in [0.1, 0.15) is 0 Å². The topological polar surface area (TPSA) is 75.7 Å². The highest BCUT2D eigenvalue weighted by molar-refractivity contribution is 7.92. The van der Waals surface area contributed by atoms with Crippen molar-refractivity contribution in [3.63, 3.8) is 0 Å². The Morgan fingerprint density at radius 3 is 2.15 bits per heavy atom. The number of hydrogen-bond acceptors (Lipinski definition) is 4. The number of nitrogens with one attached hydrogen (secondary N) is 1. The predicted octanol–water partition coefficient (Wildman–Crippen LogP) is 6.64. The molecule has 0 saturated carbocycles. The summed E-state index contributed by atoms with van der Waals surface area (Å²) in [6, 6.07) is 17.9.